The fourth-order valence-corrected chi connectivity index (χ4v) is 2.65. The van der Waals surface area contributed by atoms with Crippen LogP contribution in [0.15, 0.2) is 59.8 Å². The van der Waals surface area contributed by atoms with Gasteiger partial charge in [0.25, 0.3) is 0 Å². The van der Waals surface area contributed by atoms with E-state index >= 15 is 0 Å². The summed E-state index contributed by atoms with van der Waals surface area (Å²) in [5.74, 6) is 2.23. The highest BCUT2D eigenvalue weighted by molar-refractivity contribution is 7.98. The van der Waals surface area contributed by atoms with E-state index in [9.17, 15) is 0 Å². The minimum atomic E-state index is 0.556. The molecule has 5 nitrogen and oxygen atoms in total. The van der Waals surface area contributed by atoms with Gasteiger partial charge in [0.2, 0.25) is 5.95 Å². The van der Waals surface area contributed by atoms with Gasteiger partial charge in [-0.25, -0.2) is 0 Å². The lowest BCUT2D eigenvalue weighted by Crippen LogP contribution is -1.92. The summed E-state index contributed by atoms with van der Waals surface area (Å²) >= 11 is 1.62. The summed E-state index contributed by atoms with van der Waals surface area (Å²) < 4.78 is 5.13. The molecule has 2 N–H and O–H groups in total. The standard InChI is InChI=1S/C16H16N4OS/c1-21-14-9-7-13(8-10-14)17-15-18-16(20-19-15)22-11-12-5-3-2-4-6-12/h2-10H,11H2,1H3,(H2,17,18,19,20). The summed E-state index contributed by atoms with van der Waals surface area (Å²) in [6.45, 7) is 0. The molecular formula is C16H16N4OS. The highest BCUT2D eigenvalue weighted by Gasteiger charge is 2.04. The molecule has 0 amide bonds. The number of H-pyrrole nitrogens is 1. The van der Waals surface area contributed by atoms with E-state index in [-0.39, 0.29) is 0 Å². The first-order chi connectivity index (χ1) is 10.8. The fraction of sp³-hybridized carbons (Fsp3) is 0.125. The Morgan fingerprint density at radius 1 is 1.09 bits per heavy atom. The van der Waals surface area contributed by atoms with E-state index in [0.717, 1.165) is 22.3 Å². The average molecular weight is 312 g/mol. The Hall–Kier alpha value is -2.47. The van der Waals surface area contributed by atoms with Gasteiger partial charge in [-0.1, -0.05) is 42.1 Å². The molecular weight excluding hydrogens is 296 g/mol. The van der Waals surface area contributed by atoms with Gasteiger partial charge in [-0.2, -0.15) is 4.98 Å². The second-order valence-electron chi connectivity index (χ2n) is 4.59. The van der Waals surface area contributed by atoms with Gasteiger partial charge in [-0.05, 0) is 29.8 Å². The Balaban J connectivity index is 1.58. The highest BCUT2D eigenvalue weighted by Crippen LogP contribution is 2.22. The predicted octanol–water partition coefficient (Wildman–Crippen LogP) is 3.85. The quantitative estimate of drug-likeness (QED) is 0.677. The lowest BCUT2D eigenvalue weighted by atomic mass is 10.2. The van der Waals surface area contributed by atoms with Crippen molar-refractivity contribution in [2.24, 2.45) is 0 Å². The zero-order chi connectivity index (χ0) is 15.2. The molecule has 3 aromatic rings. The monoisotopic (exact) mass is 312 g/mol. The molecule has 0 aliphatic rings. The van der Waals surface area contributed by atoms with E-state index in [2.05, 4.69) is 32.6 Å². The van der Waals surface area contributed by atoms with Crippen LogP contribution in [0, 0.1) is 0 Å². The molecule has 1 heterocycles. The minimum Gasteiger partial charge on any atom is -0.497 e. The number of aromatic nitrogens is 3. The summed E-state index contributed by atoms with van der Waals surface area (Å²) in [6, 6.07) is 17.9. The Morgan fingerprint density at radius 3 is 2.59 bits per heavy atom. The van der Waals surface area contributed by atoms with Crippen LogP contribution in [0.4, 0.5) is 11.6 Å². The molecule has 0 aliphatic heterocycles. The number of hydrogen-bond acceptors (Lipinski definition) is 5. The van der Waals surface area contributed by atoms with Crippen LogP contribution in [0.5, 0.6) is 5.75 Å². The molecule has 22 heavy (non-hydrogen) atoms. The van der Waals surface area contributed by atoms with Crippen molar-refractivity contribution in [3.05, 3.63) is 60.2 Å². The van der Waals surface area contributed by atoms with Gasteiger partial charge in [-0.3, -0.25) is 5.10 Å². The third-order valence-electron chi connectivity index (χ3n) is 3.03. The molecule has 0 spiro atoms. The number of hydrogen-bond donors (Lipinski definition) is 2. The average Bonchev–Trinajstić information content (AvgIpc) is 3.02. The van der Waals surface area contributed by atoms with Crippen LogP contribution < -0.4 is 10.1 Å². The molecule has 0 saturated carbocycles. The zero-order valence-corrected chi connectivity index (χ0v) is 12.9. The maximum Gasteiger partial charge on any atom is 0.247 e. The number of nitrogens with one attached hydrogen (secondary N) is 2. The largest absolute Gasteiger partial charge is 0.497 e. The number of aromatic amines is 1. The van der Waals surface area contributed by atoms with Crippen molar-refractivity contribution in [2.45, 2.75) is 10.9 Å². The van der Waals surface area contributed by atoms with Gasteiger partial charge in [0.1, 0.15) is 5.75 Å². The maximum atomic E-state index is 5.13. The summed E-state index contributed by atoms with van der Waals surface area (Å²) in [7, 11) is 1.65. The first-order valence-corrected chi connectivity index (χ1v) is 7.82. The van der Waals surface area contributed by atoms with Gasteiger partial charge in [0.05, 0.1) is 7.11 Å². The number of methoxy groups -OCH3 is 1. The maximum absolute atomic E-state index is 5.13. The molecule has 0 atom stereocenters. The molecule has 0 aliphatic carbocycles. The normalized spacial score (nSPS) is 10.4. The summed E-state index contributed by atoms with van der Waals surface area (Å²) in [6.07, 6.45) is 0. The van der Waals surface area contributed by atoms with Crippen LogP contribution in [0.2, 0.25) is 0 Å². The second kappa shape index (κ2) is 7.00. The SMILES string of the molecule is COc1ccc(Nc2n[nH]c(SCc3ccccc3)n2)cc1. The number of rotatable bonds is 6. The molecule has 2 aromatic carbocycles. The fourth-order valence-electron chi connectivity index (χ4n) is 1.90. The zero-order valence-electron chi connectivity index (χ0n) is 12.1. The highest BCUT2D eigenvalue weighted by atomic mass is 32.2. The van der Waals surface area contributed by atoms with Crippen molar-refractivity contribution < 1.29 is 4.74 Å². The van der Waals surface area contributed by atoms with E-state index in [1.54, 1.807) is 18.9 Å². The number of benzene rings is 2. The number of anilines is 2. The molecule has 0 radical (unpaired) electrons. The van der Waals surface area contributed by atoms with Gasteiger partial charge in [0.15, 0.2) is 5.16 Å². The molecule has 0 bridgehead atoms. The van der Waals surface area contributed by atoms with E-state index in [1.165, 1.54) is 5.56 Å². The lowest BCUT2D eigenvalue weighted by molar-refractivity contribution is 0.415. The number of ether oxygens (including phenoxy) is 1. The van der Waals surface area contributed by atoms with Crippen molar-refractivity contribution >= 4 is 23.4 Å². The van der Waals surface area contributed by atoms with Crippen molar-refractivity contribution in [3.8, 4) is 5.75 Å². The Morgan fingerprint density at radius 2 is 1.86 bits per heavy atom. The van der Waals surface area contributed by atoms with E-state index < -0.39 is 0 Å². The van der Waals surface area contributed by atoms with Gasteiger partial charge in [0, 0.05) is 11.4 Å². The third-order valence-corrected chi connectivity index (χ3v) is 3.96. The first kappa shape index (κ1) is 14.5. The minimum absolute atomic E-state index is 0.556. The summed E-state index contributed by atoms with van der Waals surface area (Å²) in [5.41, 5.74) is 2.17. The molecule has 1 aromatic heterocycles. The second-order valence-corrected chi connectivity index (χ2v) is 5.56. The van der Waals surface area contributed by atoms with Crippen LogP contribution in [0.25, 0.3) is 0 Å². The van der Waals surface area contributed by atoms with E-state index in [4.69, 9.17) is 4.74 Å². The van der Waals surface area contributed by atoms with Crippen LogP contribution in [0.3, 0.4) is 0 Å². The van der Waals surface area contributed by atoms with Gasteiger partial charge < -0.3 is 10.1 Å². The van der Waals surface area contributed by atoms with Crippen LogP contribution >= 0.6 is 11.8 Å². The number of nitrogens with zero attached hydrogens (tertiary/aromatic N) is 2. The Labute approximate surface area is 133 Å². The molecule has 112 valence electrons. The third kappa shape index (κ3) is 3.79. The lowest BCUT2D eigenvalue weighted by Gasteiger charge is -2.03. The molecule has 0 saturated heterocycles. The van der Waals surface area contributed by atoms with E-state index in [1.807, 2.05) is 42.5 Å². The van der Waals surface area contributed by atoms with Crippen molar-refractivity contribution in [1.29, 1.82) is 0 Å². The predicted molar refractivity (Wildman–Crippen MR) is 88.7 cm³/mol. The van der Waals surface area contributed by atoms with E-state index in [0.29, 0.717) is 5.95 Å². The van der Waals surface area contributed by atoms with Gasteiger partial charge in [-0.15, -0.1) is 5.10 Å². The summed E-state index contributed by atoms with van der Waals surface area (Å²) in [5, 5.41) is 11.0. The Kier molecular flexibility index (Phi) is 4.60. The topological polar surface area (TPSA) is 62.8 Å². The van der Waals surface area contributed by atoms with Crippen LogP contribution in [-0.2, 0) is 5.75 Å². The van der Waals surface area contributed by atoms with Crippen molar-refractivity contribution in [1.82, 2.24) is 15.2 Å². The molecule has 0 unspecified atom stereocenters. The van der Waals surface area contributed by atoms with Crippen molar-refractivity contribution in [3.63, 3.8) is 0 Å². The number of thioether (sulfide) groups is 1. The van der Waals surface area contributed by atoms with Crippen LogP contribution in [-0.4, -0.2) is 22.3 Å². The molecule has 3 rings (SSSR count). The smallest absolute Gasteiger partial charge is 0.247 e. The summed E-state index contributed by atoms with van der Waals surface area (Å²) in [4.78, 5) is 4.42. The van der Waals surface area contributed by atoms with Crippen LogP contribution in [0.1, 0.15) is 5.56 Å². The Bertz CT molecular complexity index is 713. The van der Waals surface area contributed by atoms with Crippen molar-refractivity contribution in [2.75, 3.05) is 12.4 Å². The molecule has 0 fully saturated rings. The van der Waals surface area contributed by atoms with Gasteiger partial charge >= 0.3 is 0 Å². The molecule has 6 heteroatoms. The first-order valence-electron chi connectivity index (χ1n) is 6.84.